The van der Waals surface area contributed by atoms with Gasteiger partial charge in [0.25, 0.3) is 0 Å². The average molecular weight is 162 g/mol. The van der Waals surface area contributed by atoms with Gasteiger partial charge < -0.3 is 10.6 Å². The monoisotopic (exact) mass is 162 g/mol. The Morgan fingerprint density at radius 2 is 2.17 bits per heavy atom. The molecule has 0 atom stereocenters. The Hall–Kier alpha value is -1.44. The standard InChI is InChI=1S/C10H14N2/c1-3-12(4-2)10-8-6-5-7-9(10)11/h3,5-8H,1,4,11H2,2H3. The SMILES string of the molecule is C=CN(CC)c1ccccc1N. The molecule has 0 aliphatic rings. The molecule has 64 valence electrons. The zero-order valence-electron chi connectivity index (χ0n) is 7.33. The van der Waals surface area contributed by atoms with Crippen LogP contribution in [0.2, 0.25) is 0 Å². The average Bonchev–Trinajstić information content (AvgIpc) is 2.10. The van der Waals surface area contributed by atoms with E-state index in [1.54, 1.807) is 6.20 Å². The highest BCUT2D eigenvalue weighted by Gasteiger charge is 2.01. The molecule has 0 aliphatic carbocycles. The zero-order valence-corrected chi connectivity index (χ0v) is 7.33. The summed E-state index contributed by atoms with van der Waals surface area (Å²) < 4.78 is 0. The second kappa shape index (κ2) is 3.81. The van der Waals surface area contributed by atoms with Gasteiger partial charge >= 0.3 is 0 Å². The summed E-state index contributed by atoms with van der Waals surface area (Å²) in [6, 6.07) is 7.77. The Kier molecular flexibility index (Phi) is 2.75. The van der Waals surface area contributed by atoms with Gasteiger partial charge in [-0.1, -0.05) is 18.7 Å². The first-order valence-electron chi connectivity index (χ1n) is 4.03. The smallest absolute Gasteiger partial charge is 0.0639 e. The molecule has 0 bridgehead atoms. The van der Waals surface area contributed by atoms with Crippen molar-refractivity contribution < 1.29 is 0 Å². The molecule has 2 nitrogen and oxygen atoms in total. The minimum atomic E-state index is 0.791. The van der Waals surface area contributed by atoms with Crippen LogP contribution in [0.1, 0.15) is 6.92 Å². The van der Waals surface area contributed by atoms with Crippen LogP contribution < -0.4 is 10.6 Å². The van der Waals surface area contributed by atoms with E-state index < -0.39 is 0 Å². The van der Waals surface area contributed by atoms with E-state index in [0.29, 0.717) is 0 Å². The molecular weight excluding hydrogens is 148 g/mol. The van der Waals surface area contributed by atoms with Gasteiger partial charge in [0.05, 0.1) is 11.4 Å². The normalized spacial score (nSPS) is 9.42. The highest BCUT2D eigenvalue weighted by atomic mass is 15.1. The van der Waals surface area contributed by atoms with Crippen LogP contribution in [0, 0.1) is 0 Å². The molecule has 0 unspecified atom stereocenters. The van der Waals surface area contributed by atoms with E-state index in [1.807, 2.05) is 29.2 Å². The Morgan fingerprint density at radius 1 is 1.50 bits per heavy atom. The third kappa shape index (κ3) is 1.59. The first kappa shape index (κ1) is 8.65. The molecule has 0 heterocycles. The first-order chi connectivity index (χ1) is 5.79. The van der Waals surface area contributed by atoms with Crippen LogP contribution in [-0.4, -0.2) is 6.54 Å². The summed E-state index contributed by atoms with van der Waals surface area (Å²) in [5.74, 6) is 0. The Morgan fingerprint density at radius 3 is 2.67 bits per heavy atom. The van der Waals surface area contributed by atoms with Gasteiger partial charge in [0.1, 0.15) is 0 Å². The molecule has 0 fully saturated rings. The van der Waals surface area contributed by atoms with Gasteiger partial charge in [0.2, 0.25) is 0 Å². The molecule has 0 spiro atoms. The second-order valence-electron chi connectivity index (χ2n) is 2.53. The summed E-state index contributed by atoms with van der Waals surface area (Å²) in [5.41, 5.74) is 7.60. The lowest BCUT2D eigenvalue weighted by Gasteiger charge is -2.19. The molecule has 0 radical (unpaired) electrons. The van der Waals surface area contributed by atoms with Crippen molar-refractivity contribution in [2.45, 2.75) is 6.92 Å². The van der Waals surface area contributed by atoms with Crippen molar-refractivity contribution in [3.05, 3.63) is 37.0 Å². The fourth-order valence-corrected chi connectivity index (χ4v) is 1.15. The summed E-state index contributed by atoms with van der Waals surface area (Å²) in [4.78, 5) is 2.01. The molecule has 0 amide bonds. The van der Waals surface area contributed by atoms with Crippen LogP contribution in [-0.2, 0) is 0 Å². The van der Waals surface area contributed by atoms with Crippen LogP contribution >= 0.6 is 0 Å². The number of para-hydroxylation sites is 2. The van der Waals surface area contributed by atoms with Gasteiger partial charge in [0, 0.05) is 6.54 Å². The van der Waals surface area contributed by atoms with Crippen molar-refractivity contribution in [2.24, 2.45) is 0 Å². The predicted molar refractivity (Wildman–Crippen MR) is 54.1 cm³/mol. The van der Waals surface area contributed by atoms with Gasteiger partial charge in [-0.15, -0.1) is 0 Å². The van der Waals surface area contributed by atoms with E-state index in [2.05, 4.69) is 13.5 Å². The topological polar surface area (TPSA) is 29.3 Å². The maximum atomic E-state index is 5.78. The number of nitrogens with zero attached hydrogens (tertiary/aromatic N) is 1. The Bertz CT molecular complexity index is 268. The lowest BCUT2D eigenvalue weighted by Crippen LogP contribution is -2.15. The highest BCUT2D eigenvalue weighted by Crippen LogP contribution is 2.21. The van der Waals surface area contributed by atoms with Crippen molar-refractivity contribution in [1.29, 1.82) is 0 Å². The predicted octanol–water partition coefficient (Wildman–Crippen LogP) is 2.24. The summed E-state index contributed by atoms with van der Waals surface area (Å²) in [5, 5.41) is 0. The molecule has 1 aromatic rings. The fraction of sp³-hybridized carbons (Fsp3) is 0.200. The molecule has 0 aliphatic heterocycles. The zero-order chi connectivity index (χ0) is 8.97. The highest BCUT2D eigenvalue weighted by molar-refractivity contribution is 5.68. The maximum Gasteiger partial charge on any atom is 0.0639 e. The molecule has 1 rings (SSSR count). The quantitative estimate of drug-likeness (QED) is 0.690. The summed E-state index contributed by atoms with van der Waals surface area (Å²) in [6.07, 6.45) is 1.78. The number of rotatable bonds is 3. The number of anilines is 2. The number of hydrogen-bond donors (Lipinski definition) is 1. The third-order valence-electron chi connectivity index (χ3n) is 1.81. The molecule has 12 heavy (non-hydrogen) atoms. The summed E-state index contributed by atoms with van der Waals surface area (Å²) in [7, 11) is 0. The van der Waals surface area contributed by atoms with Gasteiger partial charge in [-0.2, -0.15) is 0 Å². The van der Waals surface area contributed by atoms with E-state index in [1.165, 1.54) is 0 Å². The van der Waals surface area contributed by atoms with Crippen LogP contribution in [0.3, 0.4) is 0 Å². The molecule has 2 N–H and O–H groups in total. The van der Waals surface area contributed by atoms with Crippen LogP contribution in [0.25, 0.3) is 0 Å². The van der Waals surface area contributed by atoms with Crippen molar-refractivity contribution in [3.63, 3.8) is 0 Å². The molecule has 0 saturated heterocycles. The van der Waals surface area contributed by atoms with Gasteiger partial charge in [-0.3, -0.25) is 0 Å². The minimum absolute atomic E-state index is 0.791. The van der Waals surface area contributed by atoms with E-state index in [-0.39, 0.29) is 0 Å². The Balaban J connectivity index is 3.00. The molecular formula is C10H14N2. The van der Waals surface area contributed by atoms with Gasteiger partial charge in [-0.25, -0.2) is 0 Å². The lowest BCUT2D eigenvalue weighted by molar-refractivity contribution is 1.02. The Labute approximate surface area is 73.3 Å². The summed E-state index contributed by atoms with van der Waals surface area (Å²) >= 11 is 0. The van der Waals surface area contributed by atoms with Crippen molar-refractivity contribution in [1.82, 2.24) is 0 Å². The number of nitrogens with two attached hydrogens (primary N) is 1. The van der Waals surface area contributed by atoms with Crippen molar-refractivity contribution in [3.8, 4) is 0 Å². The van der Waals surface area contributed by atoms with E-state index in [9.17, 15) is 0 Å². The largest absolute Gasteiger partial charge is 0.397 e. The van der Waals surface area contributed by atoms with Crippen molar-refractivity contribution >= 4 is 11.4 Å². The van der Waals surface area contributed by atoms with Gasteiger partial charge in [0.15, 0.2) is 0 Å². The van der Waals surface area contributed by atoms with E-state index >= 15 is 0 Å². The molecule has 0 aromatic heterocycles. The molecule has 0 saturated carbocycles. The van der Waals surface area contributed by atoms with Crippen LogP contribution in [0.4, 0.5) is 11.4 Å². The first-order valence-corrected chi connectivity index (χ1v) is 4.03. The molecule has 1 aromatic carbocycles. The molecule has 2 heteroatoms. The lowest BCUT2D eigenvalue weighted by atomic mass is 10.2. The second-order valence-corrected chi connectivity index (χ2v) is 2.53. The van der Waals surface area contributed by atoms with Gasteiger partial charge in [-0.05, 0) is 25.3 Å². The number of benzene rings is 1. The third-order valence-corrected chi connectivity index (χ3v) is 1.81. The fourth-order valence-electron chi connectivity index (χ4n) is 1.15. The summed E-state index contributed by atoms with van der Waals surface area (Å²) in [6.45, 7) is 6.67. The van der Waals surface area contributed by atoms with Crippen molar-refractivity contribution in [2.75, 3.05) is 17.2 Å². The van der Waals surface area contributed by atoms with Crippen LogP contribution in [0.5, 0.6) is 0 Å². The van der Waals surface area contributed by atoms with E-state index in [0.717, 1.165) is 17.9 Å². The minimum Gasteiger partial charge on any atom is -0.397 e. The van der Waals surface area contributed by atoms with Crippen LogP contribution in [0.15, 0.2) is 37.0 Å². The van der Waals surface area contributed by atoms with E-state index in [4.69, 9.17) is 5.73 Å². The number of nitrogen functional groups attached to an aromatic ring is 1. The number of hydrogen-bond acceptors (Lipinski definition) is 2. The maximum absolute atomic E-state index is 5.78.